The molecule has 0 fully saturated rings. The maximum absolute atomic E-state index is 12.2. The van der Waals surface area contributed by atoms with Gasteiger partial charge in [-0.05, 0) is 6.92 Å². The van der Waals surface area contributed by atoms with E-state index in [4.69, 9.17) is 24.7 Å². The summed E-state index contributed by atoms with van der Waals surface area (Å²) in [5.41, 5.74) is 4.86. The predicted octanol–water partition coefficient (Wildman–Crippen LogP) is 0.453. The van der Waals surface area contributed by atoms with Crippen LogP contribution in [0, 0.1) is 0 Å². The normalized spacial score (nSPS) is 11.1. The average molecular weight is 326 g/mol. The lowest BCUT2D eigenvalue weighted by Gasteiger charge is -2.15. The number of carbonyl (C=O) groups excluding carboxylic acids is 3. The van der Waals surface area contributed by atoms with E-state index < -0.39 is 24.0 Å². The number of ether oxygens (including phenoxy) is 4. The van der Waals surface area contributed by atoms with E-state index in [9.17, 15) is 14.4 Å². The van der Waals surface area contributed by atoms with Gasteiger partial charge in [0.2, 0.25) is 0 Å². The molecule has 1 unspecified atom stereocenters. The molecule has 1 rings (SSSR count). The second-order valence-electron chi connectivity index (χ2n) is 4.31. The van der Waals surface area contributed by atoms with Crippen molar-refractivity contribution in [3.63, 3.8) is 0 Å². The summed E-state index contributed by atoms with van der Waals surface area (Å²) >= 11 is 0. The molecule has 1 aromatic carbocycles. The molecule has 0 saturated heterocycles. The number of carbonyl (C=O) groups is 3. The van der Waals surface area contributed by atoms with Crippen LogP contribution in [0.3, 0.4) is 0 Å². The van der Waals surface area contributed by atoms with Gasteiger partial charge in [-0.15, -0.1) is 0 Å². The monoisotopic (exact) mass is 326 g/mol. The van der Waals surface area contributed by atoms with Crippen LogP contribution in [0.1, 0.15) is 17.3 Å². The number of esters is 1. The molecule has 3 amide bonds. The van der Waals surface area contributed by atoms with Gasteiger partial charge in [0, 0.05) is 12.1 Å². The zero-order chi connectivity index (χ0) is 17.6. The molecule has 0 heterocycles. The van der Waals surface area contributed by atoms with Crippen LogP contribution in [0.25, 0.3) is 0 Å². The number of imide groups is 1. The van der Waals surface area contributed by atoms with Crippen molar-refractivity contribution in [1.29, 1.82) is 0 Å². The zero-order valence-electron chi connectivity index (χ0n) is 13.2. The molecule has 9 heteroatoms. The van der Waals surface area contributed by atoms with Crippen LogP contribution in [0.2, 0.25) is 0 Å². The van der Waals surface area contributed by atoms with Gasteiger partial charge in [-0.2, -0.15) is 0 Å². The molecule has 0 radical (unpaired) electrons. The van der Waals surface area contributed by atoms with Crippen LogP contribution in [-0.2, 0) is 9.53 Å². The van der Waals surface area contributed by atoms with Gasteiger partial charge in [0.15, 0.2) is 17.6 Å². The van der Waals surface area contributed by atoms with Crippen molar-refractivity contribution in [3.8, 4) is 17.2 Å². The number of benzene rings is 1. The van der Waals surface area contributed by atoms with Crippen molar-refractivity contribution in [1.82, 2.24) is 5.32 Å². The third-order valence-corrected chi connectivity index (χ3v) is 2.83. The van der Waals surface area contributed by atoms with Gasteiger partial charge < -0.3 is 24.7 Å². The molecule has 0 aliphatic carbocycles. The third kappa shape index (κ3) is 4.50. The number of hydrogen-bond acceptors (Lipinski definition) is 7. The van der Waals surface area contributed by atoms with E-state index >= 15 is 0 Å². The van der Waals surface area contributed by atoms with Crippen LogP contribution >= 0.6 is 0 Å². The summed E-state index contributed by atoms with van der Waals surface area (Å²) in [6, 6.07) is 1.77. The molecule has 1 aromatic rings. The SMILES string of the molecule is COc1cc(OC)c(C(=O)OC(C)C(=O)NC(N)=O)cc1OC. The zero-order valence-corrected chi connectivity index (χ0v) is 13.2. The molecule has 1 atom stereocenters. The lowest BCUT2D eigenvalue weighted by Crippen LogP contribution is -2.42. The summed E-state index contributed by atoms with van der Waals surface area (Å²) in [6.07, 6.45) is -1.23. The van der Waals surface area contributed by atoms with Crippen LogP contribution in [0.15, 0.2) is 12.1 Å². The van der Waals surface area contributed by atoms with Crippen molar-refractivity contribution in [2.24, 2.45) is 5.73 Å². The number of amides is 3. The molecule has 0 aliphatic heterocycles. The number of hydrogen-bond donors (Lipinski definition) is 2. The second kappa shape index (κ2) is 7.87. The van der Waals surface area contributed by atoms with Crippen molar-refractivity contribution in [2.75, 3.05) is 21.3 Å². The van der Waals surface area contributed by atoms with E-state index in [2.05, 4.69) is 0 Å². The molecule has 0 bridgehead atoms. The first-order valence-corrected chi connectivity index (χ1v) is 6.45. The van der Waals surface area contributed by atoms with Gasteiger partial charge in [-0.3, -0.25) is 10.1 Å². The largest absolute Gasteiger partial charge is 0.496 e. The molecular formula is C14H18N2O7. The molecule has 23 heavy (non-hydrogen) atoms. The Balaban J connectivity index is 3.03. The average Bonchev–Trinajstić information content (AvgIpc) is 2.52. The maximum atomic E-state index is 12.2. The number of urea groups is 1. The Kier molecular flexibility index (Phi) is 6.19. The van der Waals surface area contributed by atoms with E-state index in [1.165, 1.54) is 40.4 Å². The molecule has 126 valence electrons. The molecule has 0 spiro atoms. The second-order valence-corrected chi connectivity index (χ2v) is 4.31. The lowest BCUT2D eigenvalue weighted by molar-refractivity contribution is -0.127. The van der Waals surface area contributed by atoms with E-state index in [1.807, 2.05) is 5.32 Å². The van der Waals surface area contributed by atoms with Crippen molar-refractivity contribution >= 4 is 17.9 Å². The van der Waals surface area contributed by atoms with Crippen LogP contribution in [-0.4, -0.2) is 45.3 Å². The highest BCUT2D eigenvalue weighted by molar-refractivity contribution is 5.99. The van der Waals surface area contributed by atoms with Crippen molar-refractivity contribution in [2.45, 2.75) is 13.0 Å². The first kappa shape index (κ1) is 18.1. The lowest BCUT2D eigenvalue weighted by atomic mass is 10.1. The highest BCUT2D eigenvalue weighted by Crippen LogP contribution is 2.35. The van der Waals surface area contributed by atoms with Crippen molar-refractivity contribution < 1.29 is 33.3 Å². The summed E-state index contributed by atoms with van der Waals surface area (Å²) in [7, 11) is 4.20. The standard InChI is InChI=1S/C14H18N2O7/c1-7(12(17)16-14(15)19)23-13(18)8-5-10(21-3)11(22-4)6-9(8)20-2/h5-7H,1-4H3,(H3,15,16,17,19). The van der Waals surface area contributed by atoms with Crippen molar-refractivity contribution in [3.05, 3.63) is 17.7 Å². The first-order chi connectivity index (χ1) is 10.8. The fourth-order valence-corrected chi connectivity index (χ4v) is 1.69. The van der Waals surface area contributed by atoms with Gasteiger partial charge in [0.25, 0.3) is 5.91 Å². The Morgan fingerprint density at radius 1 is 1.00 bits per heavy atom. The minimum Gasteiger partial charge on any atom is -0.496 e. The van der Waals surface area contributed by atoms with E-state index in [0.717, 1.165) is 0 Å². The quantitative estimate of drug-likeness (QED) is 0.727. The van der Waals surface area contributed by atoms with E-state index in [-0.39, 0.29) is 17.1 Å². The van der Waals surface area contributed by atoms with Gasteiger partial charge >= 0.3 is 12.0 Å². The summed E-state index contributed by atoms with van der Waals surface area (Å²) in [6.45, 7) is 1.30. The molecule has 0 aromatic heterocycles. The number of rotatable bonds is 6. The Hall–Kier alpha value is -2.97. The van der Waals surface area contributed by atoms with Crippen LogP contribution < -0.4 is 25.3 Å². The fraction of sp³-hybridized carbons (Fsp3) is 0.357. The van der Waals surface area contributed by atoms with Crippen LogP contribution in [0.4, 0.5) is 4.79 Å². The topological polar surface area (TPSA) is 126 Å². The predicted molar refractivity (Wildman–Crippen MR) is 78.7 cm³/mol. The van der Waals surface area contributed by atoms with Crippen LogP contribution in [0.5, 0.6) is 17.2 Å². The smallest absolute Gasteiger partial charge is 0.342 e. The van der Waals surface area contributed by atoms with E-state index in [1.54, 1.807) is 0 Å². The molecule has 0 saturated carbocycles. The maximum Gasteiger partial charge on any atom is 0.342 e. The Labute approximate surface area is 132 Å². The van der Waals surface area contributed by atoms with Gasteiger partial charge in [0.1, 0.15) is 11.3 Å². The highest BCUT2D eigenvalue weighted by Gasteiger charge is 2.24. The summed E-state index contributed by atoms with van der Waals surface area (Å²) < 4.78 is 20.3. The third-order valence-electron chi connectivity index (χ3n) is 2.83. The number of nitrogens with one attached hydrogen (secondary N) is 1. The Bertz CT molecular complexity index is 615. The summed E-state index contributed by atoms with van der Waals surface area (Å²) in [5.74, 6) is -0.856. The minimum absolute atomic E-state index is 0.0314. The number of nitrogens with two attached hydrogens (primary N) is 1. The minimum atomic E-state index is -1.23. The molecule has 3 N–H and O–H groups in total. The van der Waals surface area contributed by atoms with Gasteiger partial charge in [-0.1, -0.05) is 0 Å². The highest BCUT2D eigenvalue weighted by atomic mass is 16.6. The van der Waals surface area contributed by atoms with E-state index in [0.29, 0.717) is 5.75 Å². The number of primary amides is 1. The van der Waals surface area contributed by atoms with Gasteiger partial charge in [0.05, 0.1) is 21.3 Å². The molecule has 9 nitrogen and oxygen atoms in total. The fourth-order valence-electron chi connectivity index (χ4n) is 1.69. The molecular weight excluding hydrogens is 308 g/mol. The number of methoxy groups -OCH3 is 3. The van der Waals surface area contributed by atoms with Gasteiger partial charge in [-0.25, -0.2) is 9.59 Å². The summed E-state index contributed by atoms with van der Waals surface area (Å²) in [5, 5.41) is 1.82. The summed E-state index contributed by atoms with van der Waals surface area (Å²) in [4.78, 5) is 34.4. The molecule has 0 aliphatic rings. The first-order valence-electron chi connectivity index (χ1n) is 6.45. The Morgan fingerprint density at radius 3 is 2.00 bits per heavy atom. The Morgan fingerprint density at radius 2 is 1.52 bits per heavy atom.